The van der Waals surface area contributed by atoms with Crippen LogP contribution in [0.2, 0.25) is 0 Å². The van der Waals surface area contributed by atoms with Gasteiger partial charge in [-0.25, -0.2) is 10.1 Å². The van der Waals surface area contributed by atoms with Crippen LogP contribution in [0.4, 0.5) is 0 Å². The molecule has 0 aliphatic heterocycles. The minimum absolute atomic E-state index is 0.236. The summed E-state index contributed by atoms with van der Waals surface area (Å²) in [4.78, 5) is 3.36. The van der Waals surface area contributed by atoms with E-state index in [0.29, 0.717) is 17.5 Å². The Labute approximate surface area is 96.4 Å². The maximum atomic E-state index is 8.99. The largest absolute Gasteiger partial charge is 0.261 e. The first-order chi connectivity index (χ1) is 7.80. The molecule has 2 rings (SSSR count). The van der Waals surface area contributed by atoms with Gasteiger partial charge in [0.2, 0.25) is 0 Å². The molecule has 0 heterocycles. The molecule has 0 amide bonds. The molecule has 2 heteroatoms. The van der Waals surface area contributed by atoms with Crippen LogP contribution in [0, 0.1) is 35.7 Å². The van der Waals surface area contributed by atoms with Gasteiger partial charge in [0.25, 0.3) is 5.70 Å². The Kier molecular flexibility index (Phi) is 2.95. The van der Waals surface area contributed by atoms with E-state index in [9.17, 15) is 0 Å². The number of hydrogen-bond acceptors (Lipinski definition) is 1. The molecule has 0 N–H and O–H groups in total. The fraction of sp³-hybridized carbons (Fsp3) is 0.500. The van der Waals surface area contributed by atoms with Crippen LogP contribution in [-0.4, -0.2) is 0 Å². The van der Waals surface area contributed by atoms with Crippen molar-refractivity contribution in [1.82, 2.24) is 0 Å². The predicted molar refractivity (Wildman–Crippen MR) is 61.9 cm³/mol. The van der Waals surface area contributed by atoms with Crippen molar-refractivity contribution >= 4 is 0 Å². The van der Waals surface area contributed by atoms with Gasteiger partial charge >= 0.3 is 0 Å². The molecule has 16 heavy (non-hydrogen) atoms. The van der Waals surface area contributed by atoms with Gasteiger partial charge in [-0.05, 0) is 55.1 Å². The van der Waals surface area contributed by atoms with Crippen molar-refractivity contribution in [3.05, 3.63) is 41.1 Å². The van der Waals surface area contributed by atoms with Crippen LogP contribution in [0.1, 0.15) is 25.7 Å². The molecule has 0 aromatic heterocycles. The first kappa shape index (κ1) is 10.7. The number of nitriles is 1. The van der Waals surface area contributed by atoms with Crippen molar-refractivity contribution < 1.29 is 0 Å². The topological polar surface area (TPSA) is 28.1 Å². The lowest BCUT2D eigenvalue weighted by atomic mass is 9.75. The average Bonchev–Trinajstić information content (AvgIpc) is 2.69. The van der Waals surface area contributed by atoms with Crippen molar-refractivity contribution in [3.63, 3.8) is 0 Å². The van der Waals surface area contributed by atoms with Crippen molar-refractivity contribution in [3.8, 4) is 6.07 Å². The Hall–Kier alpha value is -1.76. The molecule has 0 aromatic rings. The van der Waals surface area contributed by atoms with Crippen LogP contribution in [-0.2, 0) is 0 Å². The van der Waals surface area contributed by atoms with E-state index in [1.165, 1.54) is 19.3 Å². The molecule has 0 spiro atoms. The summed E-state index contributed by atoms with van der Waals surface area (Å²) in [6.07, 6.45) is 6.57. The van der Waals surface area contributed by atoms with E-state index >= 15 is 0 Å². The smallest absolute Gasteiger partial charge is 0.227 e. The SMILES string of the molecule is [C-]#[N+]/C(C#N)=C1\C[C@H]2CC[C@H](C2)[C@@H]1C=C=C. The van der Waals surface area contributed by atoms with Crippen LogP contribution >= 0.6 is 0 Å². The van der Waals surface area contributed by atoms with Gasteiger partial charge in [0, 0.05) is 0 Å². The van der Waals surface area contributed by atoms with Crippen LogP contribution in [0.5, 0.6) is 0 Å². The van der Waals surface area contributed by atoms with E-state index in [1.807, 2.05) is 12.1 Å². The monoisotopic (exact) mass is 210 g/mol. The zero-order valence-corrected chi connectivity index (χ0v) is 9.24. The highest BCUT2D eigenvalue weighted by Crippen LogP contribution is 2.49. The number of allylic oxidation sites excluding steroid dienone is 3. The summed E-state index contributed by atoms with van der Waals surface area (Å²) < 4.78 is 0. The van der Waals surface area contributed by atoms with Gasteiger partial charge in [0.15, 0.2) is 0 Å². The van der Waals surface area contributed by atoms with Crippen molar-refractivity contribution in [1.29, 1.82) is 5.26 Å². The van der Waals surface area contributed by atoms with E-state index in [4.69, 9.17) is 11.8 Å². The van der Waals surface area contributed by atoms with E-state index in [2.05, 4.69) is 17.2 Å². The molecular formula is C14H14N2. The summed E-state index contributed by atoms with van der Waals surface area (Å²) in [5.74, 6) is 1.53. The molecule has 80 valence electrons. The van der Waals surface area contributed by atoms with Gasteiger partial charge in [-0.15, -0.1) is 5.73 Å². The zero-order valence-electron chi connectivity index (χ0n) is 9.24. The minimum atomic E-state index is 0.236. The number of hydrogen-bond donors (Lipinski definition) is 0. The molecule has 2 fully saturated rings. The second-order valence-electron chi connectivity index (χ2n) is 4.64. The van der Waals surface area contributed by atoms with E-state index in [-0.39, 0.29) is 5.92 Å². The van der Waals surface area contributed by atoms with Gasteiger partial charge in [0.1, 0.15) is 0 Å². The normalized spacial score (nSPS) is 34.5. The van der Waals surface area contributed by atoms with Crippen molar-refractivity contribution in [2.24, 2.45) is 17.8 Å². The lowest BCUT2D eigenvalue weighted by Gasteiger charge is -2.29. The third kappa shape index (κ3) is 1.69. The van der Waals surface area contributed by atoms with Crippen LogP contribution < -0.4 is 0 Å². The third-order valence-electron chi connectivity index (χ3n) is 3.82. The fourth-order valence-electron chi connectivity index (χ4n) is 3.14. The lowest BCUT2D eigenvalue weighted by Crippen LogP contribution is -2.19. The second kappa shape index (κ2) is 4.40. The summed E-state index contributed by atoms with van der Waals surface area (Å²) in [5, 5.41) is 8.99. The maximum Gasteiger partial charge on any atom is 0.261 e. The molecule has 2 saturated carbocycles. The highest BCUT2D eigenvalue weighted by Gasteiger charge is 2.38. The molecular weight excluding hydrogens is 196 g/mol. The third-order valence-corrected chi connectivity index (χ3v) is 3.82. The molecule has 2 nitrogen and oxygen atoms in total. The van der Waals surface area contributed by atoms with Crippen LogP contribution in [0.3, 0.4) is 0 Å². The second-order valence-corrected chi connectivity index (χ2v) is 4.64. The van der Waals surface area contributed by atoms with Gasteiger partial charge < -0.3 is 0 Å². The van der Waals surface area contributed by atoms with Crippen molar-refractivity contribution in [2.75, 3.05) is 0 Å². The molecule has 0 aromatic carbocycles. The Morgan fingerprint density at radius 1 is 1.56 bits per heavy atom. The van der Waals surface area contributed by atoms with Gasteiger partial charge in [-0.2, -0.15) is 0 Å². The molecule has 2 bridgehead atoms. The molecule has 0 saturated heterocycles. The first-order valence-corrected chi connectivity index (χ1v) is 5.66. The van der Waals surface area contributed by atoms with E-state index in [0.717, 1.165) is 12.0 Å². The Balaban J connectivity index is 2.44. The molecule has 2 aliphatic carbocycles. The number of nitrogens with zero attached hydrogens (tertiary/aromatic N) is 2. The molecule has 0 unspecified atom stereocenters. The average molecular weight is 210 g/mol. The first-order valence-electron chi connectivity index (χ1n) is 5.66. The number of rotatable bonds is 1. The van der Waals surface area contributed by atoms with Crippen molar-refractivity contribution in [2.45, 2.75) is 25.7 Å². The fourth-order valence-corrected chi connectivity index (χ4v) is 3.14. The molecule has 0 radical (unpaired) electrons. The molecule has 3 atom stereocenters. The Morgan fingerprint density at radius 3 is 3.00 bits per heavy atom. The maximum absolute atomic E-state index is 8.99. The van der Waals surface area contributed by atoms with Gasteiger partial charge in [0.05, 0.1) is 12.6 Å². The summed E-state index contributed by atoms with van der Waals surface area (Å²) in [6.45, 7) is 10.7. The summed E-state index contributed by atoms with van der Waals surface area (Å²) in [7, 11) is 0. The van der Waals surface area contributed by atoms with Gasteiger partial charge in [-0.3, -0.25) is 0 Å². The van der Waals surface area contributed by atoms with Crippen LogP contribution in [0.25, 0.3) is 4.85 Å². The highest BCUT2D eigenvalue weighted by atomic mass is 14.7. The number of fused-ring (bicyclic) bond motifs is 2. The standard InChI is InChI=1S/C14H14N2/c1-3-4-12-11-6-5-10(7-11)8-13(12)14(9-15)16-2/h4,10-12H,1,5-8H2/b14-13+/t10-,11+,12-/m0/s1. The predicted octanol–water partition coefficient (Wildman–Crippen LogP) is 3.46. The summed E-state index contributed by atoms with van der Waals surface area (Å²) >= 11 is 0. The Morgan fingerprint density at radius 2 is 2.38 bits per heavy atom. The highest BCUT2D eigenvalue weighted by molar-refractivity contribution is 5.38. The van der Waals surface area contributed by atoms with Gasteiger partial charge in [-0.1, -0.05) is 6.58 Å². The summed E-state index contributed by atoms with van der Waals surface area (Å²) in [6, 6.07) is 2.04. The minimum Gasteiger partial charge on any atom is -0.227 e. The van der Waals surface area contributed by atoms with E-state index < -0.39 is 0 Å². The zero-order chi connectivity index (χ0) is 11.5. The Bertz CT molecular complexity index is 436. The quantitative estimate of drug-likeness (QED) is 0.370. The molecule has 2 aliphatic rings. The lowest BCUT2D eigenvalue weighted by molar-refractivity contribution is 0.364. The summed E-state index contributed by atoms with van der Waals surface area (Å²) in [5.41, 5.74) is 4.17. The van der Waals surface area contributed by atoms with Crippen LogP contribution in [0.15, 0.2) is 29.7 Å². The van der Waals surface area contributed by atoms with E-state index in [1.54, 1.807) is 0 Å².